The molecule has 0 aliphatic carbocycles. The summed E-state index contributed by atoms with van der Waals surface area (Å²) in [5.41, 5.74) is 4.24. The van der Waals surface area contributed by atoms with Gasteiger partial charge in [-0.05, 0) is 74.6 Å². The summed E-state index contributed by atoms with van der Waals surface area (Å²) in [4.78, 5) is 16.1. The first-order valence-electron chi connectivity index (χ1n) is 10.7. The van der Waals surface area contributed by atoms with E-state index < -0.39 is 0 Å². The van der Waals surface area contributed by atoms with Crippen LogP contribution >= 0.6 is 11.6 Å². The molecule has 6 heteroatoms. The van der Waals surface area contributed by atoms with E-state index in [1.54, 1.807) is 0 Å². The van der Waals surface area contributed by atoms with Gasteiger partial charge in [-0.15, -0.1) is 0 Å². The number of unbranched alkanes of at least 4 members (excludes halogenated alkanes) is 1. The summed E-state index contributed by atoms with van der Waals surface area (Å²) in [5.74, 6) is 1.79. The number of imidazole rings is 1. The molecule has 1 heterocycles. The van der Waals surface area contributed by atoms with E-state index in [2.05, 4.69) is 22.5 Å². The van der Waals surface area contributed by atoms with Crippen LogP contribution in [0.15, 0.2) is 49.1 Å². The number of ether oxygens (including phenoxy) is 1. The number of carbonyl (C=O) groups excluding carboxylic acids is 1. The Balaban J connectivity index is 1.55. The van der Waals surface area contributed by atoms with Crippen molar-refractivity contribution in [2.75, 3.05) is 13.2 Å². The fourth-order valence-electron chi connectivity index (χ4n) is 3.65. The number of amides is 1. The van der Waals surface area contributed by atoms with Crippen LogP contribution in [0.2, 0.25) is 5.02 Å². The summed E-state index contributed by atoms with van der Waals surface area (Å²) < 4.78 is 8.23. The largest absolute Gasteiger partial charge is 0.494 e. The maximum absolute atomic E-state index is 11.3. The molecule has 0 unspecified atom stereocenters. The van der Waals surface area contributed by atoms with Gasteiger partial charge in [-0.3, -0.25) is 4.79 Å². The van der Waals surface area contributed by atoms with Crippen molar-refractivity contribution < 1.29 is 9.53 Å². The van der Waals surface area contributed by atoms with E-state index in [-0.39, 0.29) is 5.91 Å². The summed E-state index contributed by atoms with van der Waals surface area (Å²) in [6, 6.07) is 12.2. The van der Waals surface area contributed by atoms with Gasteiger partial charge in [-0.2, -0.15) is 0 Å². The Morgan fingerprint density at radius 3 is 2.68 bits per heavy atom. The maximum atomic E-state index is 11.3. The van der Waals surface area contributed by atoms with Gasteiger partial charge in [-0.1, -0.05) is 30.3 Å². The average Bonchev–Trinajstić information content (AvgIpc) is 3.12. The fourth-order valence-corrected chi connectivity index (χ4v) is 3.76. The third-order valence-electron chi connectivity index (χ3n) is 5.25. The van der Waals surface area contributed by atoms with Gasteiger partial charge in [-0.25, -0.2) is 4.98 Å². The molecule has 1 N–H and O–H groups in total. The molecule has 3 rings (SSSR count). The van der Waals surface area contributed by atoms with Crippen LogP contribution in [0.25, 0.3) is 11.0 Å². The number of para-hydroxylation sites is 2. The zero-order valence-corrected chi connectivity index (χ0v) is 19.0. The summed E-state index contributed by atoms with van der Waals surface area (Å²) in [5, 5.41) is 3.63. The molecule has 0 radical (unpaired) electrons. The topological polar surface area (TPSA) is 56.2 Å². The molecule has 31 heavy (non-hydrogen) atoms. The Morgan fingerprint density at radius 1 is 1.19 bits per heavy atom. The molecule has 0 bridgehead atoms. The van der Waals surface area contributed by atoms with Crippen LogP contribution in [-0.4, -0.2) is 28.6 Å². The Kier molecular flexibility index (Phi) is 8.13. The first-order chi connectivity index (χ1) is 15.0. The molecule has 3 aromatic rings. The highest BCUT2D eigenvalue weighted by Crippen LogP contribution is 2.26. The zero-order chi connectivity index (χ0) is 22.2. The number of aryl methyl sites for hydroxylation is 4. The lowest BCUT2D eigenvalue weighted by Gasteiger charge is -2.12. The summed E-state index contributed by atoms with van der Waals surface area (Å²) >= 11 is 6.23. The number of nitrogens with one attached hydrogen (secondary N) is 1. The van der Waals surface area contributed by atoms with Crippen molar-refractivity contribution >= 4 is 28.5 Å². The van der Waals surface area contributed by atoms with Gasteiger partial charge in [0.05, 0.1) is 17.6 Å². The smallest absolute Gasteiger partial charge is 0.243 e. The number of rotatable bonds is 11. The van der Waals surface area contributed by atoms with Gasteiger partial charge in [0.25, 0.3) is 0 Å². The van der Waals surface area contributed by atoms with Gasteiger partial charge in [0.15, 0.2) is 0 Å². The standard InChI is InChI=1S/C25H30ClN3O2/c1-4-24(30)27-13-9-12-23-28-21-10-5-6-11-22(21)29(23)14-7-8-15-31-20-16-18(2)25(26)19(3)17-20/h4-6,10-11,16-17H,1,7-9,12-15H2,2-3H3,(H,27,30). The lowest BCUT2D eigenvalue weighted by Crippen LogP contribution is -2.22. The Hall–Kier alpha value is -2.79. The number of fused-ring (bicyclic) bond motifs is 1. The minimum atomic E-state index is -0.139. The van der Waals surface area contributed by atoms with Crippen LogP contribution in [0.1, 0.15) is 36.2 Å². The molecular formula is C25H30ClN3O2. The second kappa shape index (κ2) is 11.0. The third-order valence-corrected chi connectivity index (χ3v) is 5.85. The van der Waals surface area contributed by atoms with E-state index in [4.69, 9.17) is 21.3 Å². The minimum absolute atomic E-state index is 0.139. The SMILES string of the molecule is C=CC(=O)NCCCc1nc2ccccc2n1CCCCOc1cc(C)c(Cl)c(C)c1. The second-order valence-corrected chi connectivity index (χ2v) is 8.07. The zero-order valence-electron chi connectivity index (χ0n) is 18.3. The van der Waals surface area contributed by atoms with Crippen LogP contribution in [0.5, 0.6) is 5.75 Å². The minimum Gasteiger partial charge on any atom is -0.494 e. The highest BCUT2D eigenvalue weighted by Gasteiger charge is 2.10. The molecule has 0 spiro atoms. The summed E-state index contributed by atoms with van der Waals surface area (Å²) in [6.45, 7) is 9.63. The van der Waals surface area contributed by atoms with Crippen molar-refractivity contribution in [3.63, 3.8) is 0 Å². The summed E-state index contributed by atoms with van der Waals surface area (Å²) in [7, 11) is 0. The molecule has 0 aliphatic heterocycles. The normalized spacial score (nSPS) is 10.9. The maximum Gasteiger partial charge on any atom is 0.243 e. The average molecular weight is 440 g/mol. The van der Waals surface area contributed by atoms with E-state index in [0.29, 0.717) is 13.2 Å². The number of benzene rings is 2. The van der Waals surface area contributed by atoms with Crippen LogP contribution in [-0.2, 0) is 17.8 Å². The van der Waals surface area contributed by atoms with E-state index >= 15 is 0 Å². The second-order valence-electron chi connectivity index (χ2n) is 7.69. The van der Waals surface area contributed by atoms with Gasteiger partial charge in [0.1, 0.15) is 11.6 Å². The molecule has 0 aliphatic rings. The molecule has 0 fully saturated rings. The number of hydrogen-bond donors (Lipinski definition) is 1. The molecule has 0 atom stereocenters. The van der Waals surface area contributed by atoms with Gasteiger partial charge in [0, 0.05) is 24.5 Å². The Labute approximate surface area is 189 Å². The van der Waals surface area contributed by atoms with Crippen LogP contribution in [0.4, 0.5) is 0 Å². The molecule has 2 aromatic carbocycles. The predicted octanol–water partition coefficient (Wildman–Crippen LogP) is 5.40. The van der Waals surface area contributed by atoms with Crippen molar-refractivity contribution in [1.82, 2.24) is 14.9 Å². The van der Waals surface area contributed by atoms with Gasteiger partial charge < -0.3 is 14.6 Å². The quantitative estimate of drug-likeness (QED) is 0.321. The lowest BCUT2D eigenvalue weighted by atomic mass is 10.1. The van der Waals surface area contributed by atoms with E-state index in [1.165, 1.54) is 6.08 Å². The first-order valence-corrected chi connectivity index (χ1v) is 11.1. The molecule has 1 amide bonds. The number of hydrogen-bond acceptors (Lipinski definition) is 3. The summed E-state index contributed by atoms with van der Waals surface area (Å²) in [6.07, 6.45) is 4.88. The molecule has 0 saturated carbocycles. The molecule has 164 valence electrons. The van der Waals surface area contributed by atoms with E-state index in [1.807, 2.05) is 44.2 Å². The van der Waals surface area contributed by atoms with Crippen molar-refractivity contribution in [3.05, 3.63) is 71.0 Å². The predicted molar refractivity (Wildman–Crippen MR) is 127 cm³/mol. The van der Waals surface area contributed by atoms with Gasteiger partial charge in [0.2, 0.25) is 5.91 Å². The van der Waals surface area contributed by atoms with E-state index in [9.17, 15) is 4.79 Å². The van der Waals surface area contributed by atoms with Crippen molar-refractivity contribution in [3.8, 4) is 5.75 Å². The highest BCUT2D eigenvalue weighted by atomic mass is 35.5. The fraction of sp³-hybridized carbons (Fsp3) is 0.360. The van der Waals surface area contributed by atoms with Crippen molar-refractivity contribution in [1.29, 1.82) is 0 Å². The Bertz CT molecular complexity index is 1040. The monoisotopic (exact) mass is 439 g/mol. The number of nitrogens with zero attached hydrogens (tertiary/aromatic N) is 2. The number of halogens is 1. The van der Waals surface area contributed by atoms with Crippen molar-refractivity contribution in [2.24, 2.45) is 0 Å². The van der Waals surface area contributed by atoms with Crippen LogP contribution in [0, 0.1) is 13.8 Å². The molecular weight excluding hydrogens is 410 g/mol. The molecule has 0 saturated heterocycles. The Morgan fingerprint density at radius 2 is 1.94 bits per heavy atom. The highest BCUT2D eigenvalue weighted by molar-refractivity contribution is 6.32. The number of aromatic nitrogens is 2. The van der Waals surface area contributed by atoms with Crippen molar-refractivity contribution in [2.45, 2.75) is 46.1 Å². The van der Waals surface area contributed by atoms with Gasteiger partial charge >= 0.3 is 0 Å². The lowest BCUT2D eigenvalue weighted by molar-refractivity contribution is -0.116. The first kappa shape index (κ1) is 22.9. The van der Waals surface area contributed by atoms with E-state index in [0.717, 1.165) is 71.0 Å². The third kappa shape index (κ3) is 6.11. The molecule has 1 aromatic heterocycles. The molecule has 5 nitrogen and oxygen atoms in total. The number of carbonyl (C=O) groups is 1. The van der Waals surface area contributed by atoms with Crippen LogP contribution in [0.3, 0.4) is 0 Å². The van der Waals surface area contributed by atoms with Crippen LogP contribution < -0.4 is 10.1 Å².